The fourth-order valence-electron chi connectivity index (χ4n) is 1.93. The lowest BCUT2D eigenvalue weighted by atomic mass is 10.2. The van der Waals surface area contributed by atoms with Crippen molar-refractivity contribution in [3.05, 3.63) is 23.9 Å². The maximum atomic E-state index is 12.5. The zero-order chi connectivity index (χ0) is 16.0. The normalized spacial score (nSPS) is 12.6. The molecule has 1 aromatic rings. The van der Waals surface area contributed by atoms with Gasteiger partial charge in [-0.25, -0.2) is 13.4 Å². The maximum absolute atomic E-state index is 12.5. The Bertz CT molecular complexity index is 524. The van der Waals surface area contributed by atoms with Crippen LogP contribution in [0.3, 0.4) is 0 Å². The Balaban J connectivity index is 2.88. The van der Waals surface area contributed by atoms with E-state index in [1.807, 2.05) is 26.8 Å². The molecule has 1 aromatic heterocycles. The summed E-state index contributed by atoms with van der Waals surface area (Å²) in [6, 6.07) is 3.80. The van der Waals surface area contributed by atoms with Crippen molar-refractivity contribution in [3.63, 3.8) is 0 Å². The average molecular weight is 313 g/mol. The number of nitrogens with zero attached hydrogens (tertiary/aromatic N) is 2. The van der Waals surface area contributed by atoms with E-state index >= 15 is 0 Å². The summed E-state index contributed by atoms with van der Waals surface area (Å²) in [7, 11) is -3.49. The molecular formula is C15H27N3O2S. The van der Waals surface area contributed by atoms with E-state index in [1.54, 1.807) is 12.3 Å². The minimum absolute atomic E-state index is 0.123. The molecule has 1 rings (SSSR count). The Morgan fingerprint density at radius 1 is 1.24 bits per heavy atom. The van der Waals surface area contributed by atoms with Gasteiger partial charge < -0.3 is 5.32 Å². The van der Waals surface area contributed by atoms with Crippen LogP contribution >= 0.6 is 0 Å². The van der Waals surface area contributed by atoms with Crippen LogP contribution in [0.15, 0.2) is 23.4 Å². The Morgan fingerprint density at radius 3 is 2.33 bits per heavy atom. The fraction of sp³-hybridized carbons (Fsp3) is 0.667. The van der Waals surface area contributed by atoms with Crippen molar-refractivity contribution in [3.8, 4) is 0 Å². The van der Waals surface area contributed by atoms with Crippen LogP contribution in [0.4, 0.5) is 0 Å². The molecule has 1 heterocycles. The first-order chi connectivity index (χ1) is 9.77. The summed E-state index contributed by atoms with van der Waals surface area (Å²) < 4.78 is 26.5. The lowest BCUT2D eigenvalue weighted by Gasteiger charge is -2.21. The van der Waals surface area contributed by atoms with Gasteiger partial charge in [-0.05, 0) is 17.5 Å². The molecule has 0 bridgehead atoms. The quantitative estimate of drug-likeness (QED) is 0.799. The molecule has 0 radical (unpaired) electrons. The van der Waals surface area contributed by atoms with Crippen LogP contribution in [-0.4, -0.2) is 36.8 Å². The van der Waals surface area contributed by atoms with E-state index < -0.39 is 10.0 Å². The molecule has 0 aromatic carbocycles. The lowest BCUT2D eigenvalue weighted by molar-refractivity contribution is 0.379. The van der Waals surface area contributed by atoms with E-state index in [4.69, 9.17) is 0 Å². The highest BCUT2D eigenvalue weighted by atomic mass is 32.2. The summed E-state index contributed by atoms with van der Waals surface area (Å²) in [6.45, 7) is 11.7. The summed E-state index contributed by atoms with van der Waals surface area (Å²) in [5.41, 5.74) is 0.981. The third-order valence-electron chi connectivity index (χ3n) is 3.04. The van der Waals surface area contributed by atoms with Crippen LogP contribution in [0.1, 0.15) is 40.2 Å². The van der Waals surface area contributed by atoms with E-state index in [0.717, 1.165) is 5.56 Å². The van der Waals surface area contributed by atoms with E-state index in [-0.39, 0.29) is 10.9 Å². The minimum Gasteiger partial charge on any atom is -0.310 e. The Kier molecular flexibility index (Phi) is 6.77. The number of hydrogen-bond acceptors (Lipinski definition) is 4. The third-order valence-corrected chi connectivity index (χ3v) is 4.89. The molecule has 0 amide bonds. The van der Waals surface area contributed by atoms with Gasteiger partial charge in [-0.15, -0.1) is 0 Å². The summed E-state index contributed by atoms with van der Waals surface area (Å²) >= 11 is 0. The van der Waals surface area contributed by atoms with Crippen LogP contribution in [0.5, 0.6) is 0 Å². The van der Waals surface area contributed by atoms with Crippen LogP contribution in [0.25, 0.3) is 0 Å². The van der Waals surface area contributed by atoms with Crippen molar-refractivity contribution < 1.29 is 8.42 Å². The second-order valence-electron chi connectivity index (χ2n) is 5.89. The molecular weight excluding hydrogens is 286 g/mol. The zero-order valence-electron chi connectivity index (χ0n) is 13.6. The highest BCUT2D eigenvalue weighted by molar-refractivity contribution is 7.89. The first kappa shape index (κ1) is 18.1. The van der Waals surface area contributed by atoms with E-state index in [0.29, 0.717) is 25.7 Å². The van der Waals surface area contributed by atoms with Crippen molar-refractivity contribution in [2.45, 2.75) is 52.2 Å². The molecule has 0 aliphatic carbocycles. The van der Waals surface area contributed by atoms with Gasteiger partial charge in [0.1, 0.15) is 0 Å². The number of rotatable bonds is 8. The largest absolute Gasteiger partial charge is 0.310 e. The van der Waals surface area contributed by atoms with E-state index in [9.17, 15) is 8.42 Å². The van der Waals surface area contributed by atoms with E-state index in [1.165, 1.54) is 4.31 Å². The fourth-order valence-corrected chi connectivity index (χ4v) is 3.45. The molecule has 5 nitrogen and oxygen atoms in total. The third kappa shape index (κ3) is 5.37. The van der Waals surface area contributed by atoms with Gasteiger partial charge in [0.15, 0.2) is 5.03 Å². The number of aromatic nitrogens is 1. The van der Waals surface area contributed by atoms with Crippen molar-refractivity contribution >= 4 is 10.0 Å². The van der Waals surface area contributed by atoms with Crippen molar-refractivity contribution in [2.24, 2.45) is 5.92 Å². The molecule has 0 aliphatic heterocycles. The highest BCUT2D eigenvalue weighted by Crippen LogP contribution is 2.15. The number of pyridine rings is 1. The summed E-state index contributed by atoms with van der Waals surface area (Å²) in [5.74, 6) is 0.286. The van der Waals surface area contributed by atoms with Gasteiger partial charge in [-0.1, -0.05) is 40.7 Å². The molecule has 120 valence electrons. The molecule has 0 spiro atoms. The predicted octanol–water partition coefficient (Wildman–Crippen LogP) is 2.25. The average Bonchev–Trinajstić information content (AvgIpc) is 2.42. The number of sulfonamides is 1. The van der Waals surface area contributed by atoms with Crippen molar-refractivity contribution in [2.75, 3.05) is 13.1 Å². The monoisotopic (exact) mass is 313 g/mol. The summed E-state index contributed by atoms with van der Waals surface area (Å²) in [6.07, 6.45) is 1.63. The lowest BCUT2D eigenvalue weighted by Crippen LogP contribution is -2.34. The van der Waals surface area contributed by atoms with Crippen molar-refractivity contribution in [1.29, 1.82) is 0 Å². The van der Waals surface area contributed by atoms with Gasteiger partial charge >= 0.3 is 0 Å². The first-order valence-electron chi connectivity index (χ1n) is 7.45. The number of hydrogen-bond donors (Lipinski definition) is 1. The highest BCUT2D eigenvalue weighted by Gasteiger charge is 2.24. The second kappa shape index (κ2) is 7.87. The zero-order valence-corrected chi connectivity index (χ0v) is 14.4. The standard InChI is InChI=1S/C15H27N3O2S/c1-6-18(11-12(2)3)21(19,20)15-8-7-14(10-17-15)9-16-13(4)5/h7-8,10,12-13,16H,6,9,11H2,1-5H3. The number of nitrogens with one attached hydrogen (secondary N) is 1. The SMILES string of the molecule is CCN(CC(C)C)S(=O)(=O)c1ccc(CNC(C)C)cn1. The van der Waals surface area contributed by atoms with Gasteiger partial charge in [-0.3, -0.25) is 0 Å². The Labute approximate surface area is 128 Å². The van der Waals surface area contributed by atoms with Crippen LogP contribution < -0.4 is 5.32 Å². The first-order valence-corrected chi connectivity index (χ1v) is 8.89. The Morgan fingerprint density at radius 2 is 1.90 bits per heavy atom. The molecule has 1 N–H and O–H groups in total. The molecule has 0 unspecified atom stereocenters. The van der Waals surface area contributed by atoms with Gasteiger partial charge in [-0.2, -0.15) is 4.31 Å². The van der Waals surface area contributed by atoms with Crippen molar-refractivity contribution in [1.82, 2.24) is 14.6 Å². The Hall–Kier alpha value is -0.980. The predicted molar refractivity (Wildman–Crippen MR) is 85.5 cm³/mol. The molecule has 6 heteroatoms. The summed E-state index contributed by atoms with van der Waals surface area (Å²) in [4.78, 5) is 4.13. The van der Waals surface area contributed by atoms with E-state index in [2.05, 4.69) is 24.1 Å². The van der Waals surface area contributed by atoms with Crippen LogP contribution in [0, 0.1) is 5.92 Å². The maximum Gasteiger partial charge on any atom is 0.260 e. The topological polar surface area (TPSA) is 62.3 Å². The molecule has 0 aliphatic rings. The van der Waals surface area contributed by atoms with Gasteiger partial charge in [0.05, 0.1) is 0 Å². The molecule has 0 saturated heterocycles. The van der Waals surface area contributed by atoms with Gasteiger partial charge in [0.2, 0.25) is 0 Å². The van der Waals surface area contributed by atoms with Gasteiger partial charge in [0, 0.05) is 31.9 Å². The van der Waals surface area contributed by atoms with Crippen LogP contribution in [-0.2, 0) is 16.6 Å². The summed E-state index contributed by atoms with van der Waals surface area (Å²) in [5, 5.41) is 3.40. The smallest absolute Gasteiger partial charge is 0.260 e. The second-order valence-corrected chi connectivity index (χ2v) is 7.77. The molecule has 21 heavy (non-hydrogen) atoms. The van der Waals surface area contributed by atoms with Gasteiger partial charge in [0.25, 0.3) is 10.0 Å². The molecule has 0 saturated carbocycles. The molecule has 0 atom stereocenters. The van der Waals surface area contributed by atoms with Crippen LogP contribution in [0.2, 0.25) is 0 Å². The minimum atomic E-state index is -3.49. The molecule has 0 fully saturated rings.